The zero-order chi connectivity index (χ0) is 8.17. The molecule has 11 heavy (non-hydrogen) atoms. The normalized spacial score (nSPS) is 19.8. The van der Waals surface area contributed by atoms with Crippen LogP contribution < -0.4 is 0 Å². The van der Waals surface area contributed by atoms with E-state index >= 15 is 0 Å². The molecule has 0 spiro atoms. The van der Waals surface area contributed by atoms with Crippen LogP contribution in [0.4, 0.5) is 13.2 Å². The van der Waals surface area contributed by atoms with E-state index in [0.29, 0.717) is 0 Å². The zero-order valence-corrected chi connectivity index (χ0v) is 5.79. The molecule has 0 aliphatic heterocycles. The van der Waals surface area contributed by atoms with Gasteiger partial charge < -0.3 is 0 Å². The van der Waals surface area contributed by atoms with Crippen LogP contribution in [-0.4, -0.2) is 0 Å². The van der Waals surface area contributed by atoms with Gasteiger partial charge in [-0.25, -0.2) is 13.2 Å². The predicted molar refractivity (Wildman–Crippen MR) is 34.0 cm³/mol. The summed E-state index contributed by atoms with van der Waals surface area (Å²) in [6, 6.07) is 0.730. The third kappa shape index (κ3) is 0.708. The SMILES string of the molecule is Cc1c(F)cc(F)c2c1C2F. The second-order valence-corrected chi connectivity index (χ2v) is 2.66. The largest absolute Gasteiger partial charge is 0.237 e. The van der Waals surface area contributed by atoms with Gasteiger partial charge in [0.25, 0.3) is 0 Å². The van der Waals surface area contributed by atoms with Gasteiger partial charge in [0, 0.05) is 17.2 Å². The maximum absolute atomic E-state index is 12.6. The summed E-state index contributed by atoms with van der Waals surface area (Å²) in [7, 11) is 0. The van der Waals surface area contributed by atoms with Crippen molar-refractivity contribution >= 4 is 0 Å². The Morgan fingerprint density at radius 1 is 1.18 bits per heavy atom. The van der Waals surface area contributed by atoms with E-state index in [1.165, 1.54) is 6.92 Å². The monoisotopic (exact) mass is 158 g/mol. The molecule has 3 heteroatoms. The van der Waals surface area contributed by atoms with Crippen molar-refractivity contribution in [1.82, 2.24) is 0 Å². The highest BCUT2D eigenvalue weighted by molar-refractivity contribution is 5.55. The fourth-order valence-electron chi connectivity index (χ4n) is 1.26. The van der Waals surface area contributed by atoms with Crippen molar-refractivity contribution in [3.63, 3.8) is 0 Å². The van der Waals surface area contributed by atoms with Crippen molar-refractivity contribution < 1.29 is 13.2 Å². The van der Waals surface area contributed by atoms with E-state index in [9.17, 15) is 13.2 Å². The van der Waals surface area contributed by atoms with Crippen molar-refractivity contribution in [2.75, 3.05) is 0 Å². The molecule has 0 radical (unpaired) electrons. The Balaban J connectivity index is 2.68. The van der Waals surface area contributed by atoms with Gasteiger partial charge in [-0.1, -0.05) is 0 Å². The van der Waals surface area contributed by atoms with Gasteiger partial charge in [-0.15, -0.1) is 0 Å². The smallest absolute Gasteiger partial charge is 0.154 e. The molecule has 1 atom stereocenters. The summed E-state index contributed by atoms with van der Waals surface area (Å²) in [4.78, 5) is 0. The van der Waals surface area contributed by atoms with Crippen molar-refractivity contribution in [1.29, 1.82) is 0 Å². The Morgan fingerprint density at radius 2 is 1.82 bits per heavy atom. The van der Waals surface area contributed by atoms with Gasteiger partial charge in [0.05, 0.1) is 0 Å². The maximum atomic E-state index is 12.6. The van der Waals surface area contributed by atoms with E-state index in [1.54, 1.807) is 0 Å². The first kappa shape index (κ1) is 6.70. The van der Waals surface area contributed by atoms with E-state index in [4.69, 9.17) is 0 Å². The predicted octanol–water partition coefficient (Wildman–Crippen LogP) is 2.65. The lowest BCUT2D eigenvalue weighted by Crippen LogP contribution is -1.82. The second kappa shape index (κ2) is 1.78. The Hall–Kier alpha value is -0.990. The quantitative estimate of drug-likeness (QED) is 0.544. The number of alkyl halides is 1. The third-order valence-electron chi connectivity index (χ3n) is 1.99. The fourth-order valence-corrected chi connectivity index (χ4v) is 1.26. The number of hydrogen-bond acceptors (Lipinski definition) is 0. The van der Waals surface area contributed by atoms with Gasteiger partial charge in [0.1, 0.15) is 11.6 Å². The molecule has 0 amide bonds. The number of halogens is 3. The van der Waals surface area contributed by atoms with E-state index in [-0.39, 0.29) is 16.7 Å². The molecular weight excluding hydrogens is 153 g/mol. The van der Waals surface area contributed by atoms with Crippen molar-refractivity contribution in [2.24, 2.45) is 0 Å². The van der Waals surface area contributed by atoms with Crippen LogP contribution in [0.2, 0.25) is 0 Å². The molecule has 0 N–H and O–H groups in total. The van der Waals surface area contributed by atoms with Crippen LogP contribution in [0.1, 0.15) is 22.9 Å². The molecule has 0 bridgehead atoms. The Labute approximate surface area is 61.7 Å². The van der Waals surface area contributed by atoms with E-state index in [2.05, 4.69) is 0 Å². The average molecular weight is 158 g/mol. The highest BCUT2D eigenvalue weighted by Crippen LogP contribution is 2.48. The molecule has 1 aliphatic rings. The standard InChI is InChI=1S/C8H5F3/c1-3-4(9)2-5(10)7-6(3)8(7)11/h2,8H,1H3. The topological polar surface area (TPSA) is 0 Å². The summed E-state index contributed by atoms with van der Waals surface area (Å²) in [5.74, 6) is -1.43. The van der Waals surface area contributed by atoms with Gasteiger partial charge >= 0.3 is 0 Å². The van der Waals surface area contributed by atoms with Crippen LogP contribution in [-0.2, 0) is 0 Å². The minimum Gasteiger partial charge on any atom is -0.237 e. The van der Waals surface area contributed by atoms with Crippen LogP contribution in [0.3, 0.4) is 0 Å². The minimum atomic E-state index is -1.36. The summed E-state index contributed by atoms with van der Waals surface area (Å²) in [5, 5.41) is 0. The average Bonchev–Trinajstić information content (AvgIpc) is 2.58. The van der Waals surface area contributed by atoms with E-state index in [1.807, 2.05) is 0 Å². The molecule has 0 saturated carbocycles. The Kier molecular flexibility index (Phi) is 1.09. The fraction of sp³-hybridized carbons (Fsp3) is 0.250. The lowest BCUT2D eigenvalue weighted by atomic mass is 10.2. The first-order valence-corrected chi connectivity index (χ1v) is 3.25. The van der Waals surface area contributed by atoms with Crippen molar-refractivity contribution in [2.45, 2.75) is 13.1 Å². The third-order valence-corrected chi connectivity index (χ3v) is 1.99. The first-order valence-electron chi connectivity index (χ1n) is 3.25. The molecule has 0 heterocycles. The van der Waals surface area contributed by atoms with Gasteiger partial charge in [0.15, 0.2) is 6.17 Å². The molecule has 1 aromatic carbocycles. The Morgan fingerprint density at radius 3 is 2.45 bits per heavy atom. The molecular formula is C8H5F3. The lowest BCUT2D eigenvalue weighted by molar-refractivity contribution is 0.458. The zero-order valence-electron chi connectivity index (χ0n) is 5.79. The highest BCUT2D eigenvalue weighted by Gasteiger charge is 2.39. The molecule has 0 aromatic heterocycles. The summed E-state index contributed by atoms with van der Waals surface area (Å²) in [6.45, 7) is 1.45. The van der Waals surface area contributed by atoms with Crippen molar-refractivity contribution in [3.8, 4) is 0 Å². The van der Waals surface area contributed by atoms with Crippen LogP contribution in [0.25, 0.3) is 0 Å². The van der Waals surface area contributed by atoms with Crippen LogP contribution >= 0.6 is 0 Å². The molecule has 1 unspecified atom stereocenters. The molecule has 1 aromatic rings. The first-order chi connectivity index (χ1) is 5.13. The van der Waals surface area contributed by atoms with Gasteiger partial charge in [0.2, 0.25) is 0 Å². The Bertz CT molecular complexity index is 331. The van der Waals surface area contributed by atoms with Gasteiger partial charge in [-0.05, 0) is 12.5 Å². The minimum absolute atomic E-state index is 0.0314. The lowest BCUT2D eigenvalue weighted by Gasteiger charge is -1.91. The molecule has 0 fully saturated rings. The highest BCUT2D eigenvalue weighted by atomic mass is 19.1. The van der Waals surface area contributed by atoms with Crippen LogP contribution in [0.15, 0.2) is 6.07 Å². The van der Waals surface area contributed by atoms with Crippen LogP contribution in [0.5, 0.6) is 0 Å². The number of hydrogen-bond donors (Lipinski definition) is 0. The van der Waals surface area contributed by atoms with E-state index < -0.39 is 17.8 Å². The number of rotatable bonds is 0. The van der Waals surface area contributed by atoms with E-state index in [0.717, 1.165) is 6.07 Å². The number of fused-ring (bicyclic) bond motifs is 1. The molecule has 0 nitrogen and oxygen atoms in total. The summed E-state index contributed by atoms with van der Waals surface area (Å²) in [6.07, 6.45) is -1.36. The van der Waals surface area contributed by atoms with Crippen molar-refractivity contribution in [3.05, 3.63) is 34.4 Å². The summed E-state index contributed by atoms with van der Waals surface area (Å²) >= 11 is 0. The van der Waals surface area contributed by atoms with Gasteiger partial charge in [-0.3, -0.25) is 0 Å². The number of benzene rings is 1. The van der Waals surface area contributed by atoms with Crippen LogP contribution in [0, 0.1) is 18.6 Å². The second-order valence-electron chi connectivity index (χ2n) is 2.66. The van der Waals surface area contributed by atoms with Gasteiger partial charge in [-0.2, -0.15) is 0 Å². The summed E-state index contributed by atoms with van der Waals surface area (Å²) < 4.78 is 37.8. The molecule has 58 valence electrons. The molecule has 2 rings (SSSR count). The molecule has 1 aliphatic carbocycles. The molecule has 0 saturated heterocycles. The maximum Gasteiger partial charge on any atom is 0.154 e. The summed E-state index contributed by atoms with van der Waals surface area (Å²) in [5.41, 5.74) is 0.459.